The summed E-state index contributed by atoms with van der Waals surface area (Å²) in [4.78, 5) is 1.24. The smallest absolute Gasteiger partial charge is 0.0822 e. The maximum absolute atomic E-state index is 9.76. The number of hydrogen-bond donors (Lipinski definition) is 1. The number of thiophene rings is 1. The van der Waals surface area contributed by atoms with E-state index in [4.69, 9.17) is 4.74 Å². The second-order valence-corrected chi connectivity index (χ2v) is 4.40. The Bertz CT molecular complexity index is 257. The molecule has 0 fully saturated rings. The molecule has 1 aromatic rings. The summed E-state index contributed by atoms with van der Waals surface area (Å²) in [7, 11) is 1.66. The van der Waals surface area contributed by atoms with Crippen molar-refractivity contribution >= 4 is 11.3 Å². The topological polar surface area (TPSA) is 29.5 Å². The fraction of sp³-hybridized carbons (Fsp3) is 0.600. The molecule has 3 heteroatoms. The molecule has 0 spiro atoms. The molecule has 2 atom stereocenters. The predicted octanol–water partition coefficient (Wildman–Crippen LogP) is 2.51. The number of rotatable bonds is 4. The zero-order valence-electron chi connectivity index (χ0n) is 8.28. The highest BCUT2D eigenvalue weighted by atomic mass is 32.1. The van der Waals surface area contributed by atoms with Gasteiger partial charge in [-0.05, 0) is 30.9 Å². The summed E-state index contributed by atoms with van der Waals surface area (Å²) < 4.78 is 5.09. The van der Waals surface area contributed by atoms with Crippen LogP contribution in [0.1, 0.15) is 29.9 Å². The van der Waals surface area contributed by atoms with Crippen LogP contribution in [0.4, 0.5) is 0 Å². The van der Waals surface area contributed by atoms with Crippen LogP contribution in [0.2, 0.25) is 0 Å². The van der Waals surface area contributed by atoms with E-state index in [1.165, 1.54) is 4.88 Å². The van der Waals surface area contributed by atoms with Crippen LogP contribution in [0.25, 0.3) is 0 Å². The summed E-state index contributed by atoms with van der Waals surface area (Å²) in [5, 5.41) is 11.8. The number of aliphatic hydroxyl groups is 1. The van der Waals surface area contributed by atoms with Crippen LogP contribution < -0.4 is 0 Å². The van der Waals surface area contributed by atoms with Crippen molar-refractivity contribution in [2.75, 3.05) is 7.11 Å². The van der Waals surface area contributed by atoms with Gasteiger partial charge in [0.15, 0.2) is 0 Å². The SMILES string of the molecule is COC(C)CC(O)c1csc(C)c1. The summed E-state index contributed by atoms with van der Waals surface area (Å²) >= 11 is 1.67. The van der Waals surface area contributed by atoms with Crippen molar-refractivity contribution in [2.24, 2.45) is 0 Å². The molecule has 1 rings (SSSR count). The minimum Gasteiger partial charge on any atom is -0.388 e. The van der Waals surface area contributed by atoms with E-state index in [-0.39, 0.29) is 12.2 Å². The van der Waals surface area contributed by atoms with E-state index >= 15 is 0 Å². The van der Waals surface area contributed by atoms with Crippen LogP contribution in [0.3, 0.4) is 0 Å². The highest BCUT2D eigenvalue weighted by molar-refractivity contribution is 7.10. The van der Waals surface area contributed by atoms with Crippen LogP contribution in [-0.4, -0.2) is 18.3 Å². The highest BCUT2D eigenvalue weighted by Gasteiger charge is 2.12. The first kappa shape index (κ1) is 10.7. The standard InChI is InChI=1S/C10H16O2S/c1-7(12-3)4-10(11)9-5-8(2)13-6-9/h5-7,10-11H,4H2,1-3H3. The summed E-state index contributed by atoms with van der Waals surface area (Å²) in [5.74, 6) is 0. The van der Waals surface area contributed by atoms with E-state index in [0.717, 1.165) is 5.56 Å². The Labute approximate surface area is 83.2 Å². The van der Waals surface area contributed by atoms with Gasteiger partial charge in [0.1, 0.15) is 0 Å². The van der Waals surface area contributed by atoms with Gasteiger partial charge < -0.3 is 9.84 Å². The number of methoxy groups -OCH3 is 1. The van der Waals surface area contributed by atoms with E-state index < -0.39 is 0 Å². The van der Waals surface area contributed by atoms with Gasteiger partial charge in [0, 0.05) is 18.4 Å². The zero-order chi connectivity index (χ0) is 9.84. The van der Waals surface area contributed by atoms with Crippen LogP contribution in [-0.2, 0) is 4.74 Å². The number of ether oxygens (including phenoxy) is 1. The first-order valence-corrected chi connectivity index (χ1v) is 5.27. The fourth-order valence-electron chi connectivity index (χ4n) is 1.19. The molecule has 0 bridgehead atoms. The molecule has 0 saturated carbocycles. The van der Waals surface area contributed by atoms with Gasteiger partial charge in [-0.3, -0.25) is 0 Å². The number of aliphatic hydroxyl groups excluding tert-OH is 1. The maximum atomic E-state index is 9.76. The van der Waals surface area contributed by atoms with Crippen LogP contribution in [0, 0.1) is 6.92 Å². The van der Waals surface area contributed by atoms with Gasteiger partial charge >= 0.3 is 0 Å². The van der Waals surface area contributed by atoms with Crippen LogP contribution in [0.5, 0.6) is 0 Å². The second kappa shape index (κ2) is 4.74. The van der Waals surface area contributed by atoms with Gasteiger partial charge in [-0.25, -0.2) is 0 Å². The average Bonchev–Trinajstić information content (AvgIpc) is 2.51. The molecule has 13 heavy (non-hydrogen) atoms. The summed E-state index contributed by atoms with van der Waals surface area (Å²) in [6.07, 6.45) is 0.377. The first-order chi connectivity index (χ1) is 6.13. The molecule has 0 aliphatic rings. The molecule has 0 aliphatic carbocycles. The van der Waals surface area contributed by atoms with E-state index in [1.54, 1.807) is 18.4 Å². The summed E-state index contributed by atoms with van der Waals surface area (Å²) in [6, 6.07) is 2.03. The quantitative estimate of drug-likeness (QED) is 0.809. The molecule has 0 aliphatic heterocycles. The van der Waals surface area contributed by atoms with Crippen molar-refractivity contribution in [3.05, 3.63) is 21.9 Å². The lowest BCUT2D eigenvalue weighted by atomic mass is 10.1. The normalized spacial score (nSPS) is 15.7. The molecule has 0 aromatic carbocycles. The summed E-state index contributed by atoms with van der Waals surface area (Å²) in [6.45, 7) is 4.00. The lowest BCUT2D eigenvalue weighted by Gasteiger charge is -2.13. The molecule has 1 aromatic heterocycles. The molecule has 0 radical (unpaired) electrons. The van der Waals surface area contributed by atoms with Crippen molar-refractivity contribution in [2.45, 2.75) is 32.5 Å². The molecule has 1 heterocycles. The van der Waals surface area contributed by atoms with E-state index in [0.29, 0.717) is 6.42 Å². The average molecular weight is 200 g/mol. The van der Waals surface area contributed by atoms with Crippen molar-refractivity contribution in [1.82, 2.24) is 0 Å². The first-order valence-electron chi connectivity index (χ1n) is 4.39. The van der Waals surface area contributed by atoms with Crippen LogP contribution in [0.15, 0.2) is 11.4 Å². The maximum Gasteiger partial charge on any atom is 0.0822 e. The van der Waals surface area contributed by atoms with E-state index in [1.807, 2.05) is 25.3 Å². The Morgan fingerprint density at radius 2 is 2.31 bits per heavy atom. The Balaban J connectivity index is 2.53. The third-order valence-corrected chi connectivity index (χ3v) is 2.97. The fourth-order valence-corrected chi connectivity index (χ4v) is 1.94. The minimum absolute atomic E-state index is 0.107. The van der Waals surface area contributed by atoms with Gasteiger partial charge in [0.05, 0.1) is 12.2 Å². The Kier molecular flexibility index (Phi) is 3.90. The van der Waals surface area contributed by atoms with Crippen molar-refractivity contribution in [3.63, 3.8) is 0 Å². The van der Waals surface area contributed by atoms with Gasteiger partial charge in [-0.2, -0.15) is 0 Å². The third-order valence-electron chi connectivity index (χ3n) is 2.09. The van der Waals surface area contributed by atoms with Crippen molar-refractivity contribution in [3.8, 4) is 0 Å². The molecule has 0 amide bonds. The van der Waals surface area contributed by atoms with Gasteiger partial charge in [0.2, 0.25) is 0 Å². The highest BCUT2D eigenvalue weighted by Crippen LogP contribution is 2.24. The zero-order valence-corrected chi connectivity index (χ0v) is 9.10. The molecule has 2 unspecified atom stereocenters. The Morgan fingerprint density at radius 1 is 1.62 bits per heavy atom. The van der Waals surface area contributed by atoms with Gasteiger partial charge in [0.25, 0.3) is 0 Å². The molecule has 1 N–H and O–H groups in total. The number of aryl methyl sites for hydroxylation is 1. The monoisotopic (exact) mass is 200 g/mol. The molecular weight excluding hydrogens is 184 g/mol. The third kappa shape index (κ3) is 3.10. The van der Waals surface area contributed by atoms with Crippen molar-refractivity contribution in [1.29, 1.82) is 0 Å². The van der Waals surface area contributed by atoms with Crippen LogP contribution >= 0.6 is 11.3 Å². The lowest BCUT2D eigenvalue weighted by Crippen LogP contribution is -2.10. The van der Waals surface area contributed by atoms with Gasteiger partial charge in [-0.1, -0.05) is 0 Å². The Hall–Kier alpha value is -0.380. The molecule has 0 saturated heterocycles. The minimum atomic E-state index is -0.389. The van der Waals surface area contributed by atoms with Gasteiger partial charge in [-0.15, -0.1) is 11.3 Å². The lowest BCUT2D eigenvalue weighted by molar-refractivity contribution is 0.0561. The largest absolute Gasteiger partial charge is 0.388 e. The summed E-state index contributed by atoms with van der Waals surface area (Å²) in [5.41, 5.74) is 1.01. The van der Waals surface area contributed by atoms with E-state index in [2.05, 4.69) is 0 Å². The Morgan fingerprint density at radius 3 is 2.77 bits per heavy atom. The predicted molar refractivity (Wildman–Crippen MR) is 55.1 cm³/mol. The van der Waals surface area contributed by atoms with Crippen molar-refractivity contribution < 1.29 is 9.84 Å². The molecule has 2 nitrogen and oxygen atoms in total. The molecule has 74 valence electrons. The molecular formula is C10H16O2S. The second-order valence-electron chi connectivity index (χ2n) is 3.29. The van der Waals surface area contributed by atoms with E-state index in [9.17, 15) is 5.11 Å². The number of hydrogen-bond acceptors (Lipinski definition) is 3.